The summed E-state index contributed by atoms with van der Waals surface area (Å²) in [5.74, 6) is -0.284. The first kappa shape index (κ1) is 9.21. The third-order valence-electron chi connectivity index (χ3n) is 2.36. The molecule has 0 radical (unpaired) electrons. The molecule has 2 rings (SSSR count). The Kier molecular flexibility index (Phi) is 1.85. The van der Waals surface area contributed by atoms with Crippen LogP contribution in [0.5, 0.6) is 0 Å². The van der Waals surface area contributed by atoms with Crippen molar-refractivity contribution in [3.63, 3.8) is 0 Å². The average Bonchev–Trinajstić information content (AvgIpc) is 2.59. The van der Waals surface area contributed by atoms with Gasteiger partial charge in [-0.2, -0.15) is 0 Å². The summed E-state index contributed by atoms with van der Waals surface area (Å²) in [5.41, 5.74) is 0.129. The normalized spacial score (nSPS) is 26.1. The topological polar surface area (TPSA) is 58.2 Å². The lowest BCUT2D eigenvalue weighted by atomic mass is 9.98. The van der Waals surface area contributed by atoms with Gasteiger partial charge in [-0.25, -0.2) is 4.79 Å². The second-order valence-corrected chi connectivity index (χ2v) is 4.38. The first-order chi connectivity index (χ1) is 6.54. The van der Waals surface area contributed by atoms with Gasteiger partial charge in [0.15, 0.2) is 5.54 Å². The summed E-state index contributed by atoms with van der Waals surface area (Å²) in [6.07, 6.45) is 0. The highest BCUT2D eigenvalue weighted by Crippen LogP contribution is 2.31. The zero-order chi connectivity index (χ0) is 10.3. The summed E-state index contributed by atoms with van der Waals surface area (Å²) in [6, 6.07) is 1.51. The van der Waals surface area contributed by atoms with Crippen LogP contribution in [0, 0.1) is 6.92 Å². The van der Waals surface area contributed by atoms with Crippen LogP contribution in [0.2, 0.25) is 0 Å². The summed E-state index contributed by atoms with van der Waals surface area (Å²) < 4.78 is 0. The minimum atomic E-state index is -0.894. The number of nitrogens with one attached hydrogen (secondary N) is 2. The number of amides is 3. The van der Waals surface area contributed by atoms with Gasteiger partial charge in [-0.1, -0.05) is 0 Å². The van der Waals surface area contributed by atoms with Crippen molar-refractivity contribution in [3.05, 3.63) is 21.9 Å². The van der Waals surface area contributed by atoms with Crippen molar-refractivity contribution in [3.8, 4) is 0 Å². The molecule has 5 heteroatoms. The molecule has 1 aromatic rings. The molecule has 3 amide bonds. The predicted molar refractivity (Wildman–Crippen MR) is 53.1 cm³/mol. The van der Waals surface area contributed by atoms with Crippen molar-refractivity contribution in [2.75, 3.05) is 0 Å². The number of rotatable bonds is 1. The summed E-state index contributed by atoms with van der Waals surface area (Å²) in [4.78, 5) is 23.5. The molecule has 1 fully saturated rings. The Morgan fingerprint density at radius 1 is 1.43 bits per heavy atom. The van der Waals surface area contributed by atoms with Crippen LogP contribution in [0.1, 0.15) is 17.4 Å². The molecule has 0 aliphatic carbocycles. The van der Waals surface area contributed by atoms with Gasteiger partial charge in [0.1, 0.15) is 0 Å². The minimum Gasteiger partial charge on any atom is -0.319 e. The summed E-state index contributed by atoms with van der Waals surface area (Å²) in [5, 5.41) is 6.79. The summed E-state index contributed by atoms with van der Waals surface area (Å²) in [6.45, 7) is 3.64. The zero-order valence-electron chi connectivity index (χ0n) is 7.88. The molecule has 2 heterocycles. The van der Waals surface area contributed by atoms with E-state index < -0.39 is 11.6 Å². The van der Waals surface area contributed by atoms with Crippen LogP contribution < -0.4 is 10.6 Å². The number of carbonyl (C=O) groups excluding carboxylic acids is 2. The quantitative estimate of drug-likeness (QED) is 0.682. The van der Waals surface area contributed by atoms with Crippen LogP contribution >= 0.6 is 11.3 Å². The van der Waals surface area contributed by atoms with Gasteiger partial charge in [0.2, 0.25) is 0 Å². The fourth-order valence-corrected chi connectivity index (χ4v) is 2.63. The van der Waals surface area contributed by atoms with E-state index in [1.165, 1.54) is 11.3 Å². The van der Waals surface area contributed by atoms with E-state index >= 15 is 0 Å². The molecule has 4 nitrogen and oxygen atoms in total. The maximum Gasteiger partial charge on any atom is 0.322 e. The highest BCUT2D eigenvalue weighted by Gasteiger charge is 2.44. The Morgan fingerprint density at radius 3 is 2.57 bits per heavy atom. The van der Waals surface area contributed by atoms with Crippen LogP contribution in [0.3, 0.4) is 0 Å². The molecular formula is C9H10N2O2S. The minimum absolute atomic E-state index is 0.284. The molecule has 0 saturated carbocycles. The molecular weight excluding hydrogens is 200 g/mol. The fraction of sp³-hybridized carbons (Fsp3) is 0.333. The van der Waals surface area contributed by atoms with E-state index in [2.05, 4.69) is 10.6 Å². The molecule has 0 aromatic carbocycles. The molecule has 1 atom stereocenters. The summed E-state index contributed by atoms with van der Waals surface area (Å²) in [7, 11) is 0. The van der Waals surface area contributed by atoms with Crippen LogP contribution in [0.15, 0.2) is 11.4 Å². The third-order valence-corrected chi connectivity index (χ3v) is 3.60. The molecule has 1 saturated heterocycles. The van der Waals surface area contributed by atoms with Crippen molar-refractivity contribution in [1.82, 2.24) is 10.6 Å². The number of imide groups is 1. The number of aryl methyl sites for hydroxylation is 1. The molecule has 14 heavy (non-hydrogen) atoms. The van der Waals surface area contributed by atoms with Crippen LogP contribution in [-0.2, 0) is 10.3 Å². The fourth-order valence-electron chi connectivity index (χ4n) is 1.59. The van der Waals surface area contributed by atoms with Gasteiger partial charge in [-0.3, -0.25) is 10.1 Å². The van der Waals surface area contributed by atoms with Gasteiger partial charge in [0, 0.05) is 4.88 Å². The Balaban J connectivity index is 2.47. The maximum atomic E-state index is 11.6. The van der Waals surface area contributed by atoms with E-state index in [1.54, 1.807) is 6.92 Å². The van der Waals surface area contributed by atoms with Gasteiger partial charge in [-0.05, 0) is 30.9 Å². The lowest BCUT2D eigenvalue weighted by Gasteiger charge is -2.19. The lowest BCUT2D eigenvalue weighted by molar-refractivity contribution is -0.123. The molecule has 1 aliphatic heterocycles. The highest BCUT2D eigenvalue weighted by atomic mass is 32.1. The monoisotopic (exact) mass is 210 g/mol. The summed E-state index contributed by atoms with van der Waals surface area (Å²) >= 11 is 1.48. The molecule has 74 valence electrons. The van der Waals surface area contributed by atoms with E-state index in [9.17, 15) is 9.59 Å². The number of urea groups is 1. The molecule has 1 unspecified atom stereocenters. The van der Waals surface area contributed by atoms with E-state index in [-0.39, 0.29) is 5.91 Å². The first-order valence-electron chi connectivity index (χ1n) is 4.22. The SMILES string of the molecule is Cc1ccsc1C1(C)NC(=O)NC1=O. The molecule has 1 aromatic heterocycles. The maximum absolute atomic E-state index is 11.6. The van der Waals surface area contributed by atoms with Crippen molar-refractivity contribution >= 4 is 23.3 Å². The zero-order valence-corrected chi connectivity index (χ0v) is 8.70. The Hall–Kier alpha value is -1.36. The lowest BCUT2D eigenvalue weighted by Crippen LogP contribution is -2.40. The van der Waals surface area contributed by atoms with Gasteiger partial charge in [0.25, 0.3) is 5.91 Å². The number of thiophene rings is 1. The smallest absolute Gasteiger partial charge is 0.319 e. The third kappa shape index (κ3) is 1.13. The van der Waals surface area contributed by atoms with Gasteiger partial charge < -0.3 is 5.32 Å². The van der Waals surface area contributed by atoms with Gasteiger partial charge in [0.05, 0.1) is 0 Å². The van der Waals surface area contributed by atoms with Gasteiger partial charge in [-0.15, -0.1) is 11.3 Å². The van der Waals surface area contributed by atoms with Crippen LogP contribution in [0.4, 0.5) is 4.79 Å². The Morgan fingerprint density at radius 2 is 2.14 bits per heavy atom. The highest BCUT2D eigenvalue weighted by molar-refractivity contribution is 7.10. The molecule has 0 bridgehead atoms. The largest absolute Gasteiger partial charge is 0.322 e. The van der Waals surface area contributed by atoms with Crippen molar-refractivity contribution in [2.24, 2.45) is 0 Å². The van der Waals surface area contributed by atoms with E-state index in [4.69, 9.17) is 0 Å². The standard InChI is InChI=1S/C9H10N2O2S/c1-5-3-4-14-6(5)9(2)7(12)10-8(13)11-9/h3-4H,1-2H3,(H2,10,11,12,13). The Bertz CT molecular complexity index is 413. The van der Waals surface area contributed by atoms with E-state index in [1.807, 2.05) is 18.4 Å². The number of carbonyl (C=O) groups is 2. The predicted octanol–water partition coefficient (Wildman–Crippen LogP) is 1.11. The second kappa shape index (κ2) is 2.81. The van der Waals surface area contributed by atoms with Crippen LogP contribution in [0.25, 0.3) is 0 Å². The number of hydrogen-bond donors (Lipinski definition) is 2. The van der Waals surface area contributed by atoms with Crippen molar-refractivity contribution < 1.29 is 9.59 Å². The van der Waals surface area contributed by atoms with Crippen molar-refractivity contribution in [2.45, 2.75) is 19.4 Å². The van der Waals surface area contributed by atoms with E-state index in [0.29, 0.717) is 0 Å². The average molecular weight is 210 g/mol. The Labute approximate surface area is 85.3 Å². The molecule has 1 aliphatic rings. The first-order valence-corrected chi connectivity index (χ1v) is 5.10. The van der Waals surface area contributed by atoms with Gasteiger partial charge >= 0.3 is 6.03 Å². The molecule has 0 spiro atoms. The number of hydrogen-bond acceptors (Lipinski definition) is 3. The molecule has 2 N–H and O–H groups in total. The van der Waals surface area contributed by atoms with Crippen molar-refractivity contribution in [1.29, 1.82) is 0 Å². The second-order valence-electron chi connectivity index (χ2n) is 3.47. The van der Waals surface area contributed by atoms with E-state index in [0.717, 1.165) is 10.4 Å². The van der Waals surface area contributed by atoms with Crippen LogP contribution in [-0.4, -0.2) is 11.9 Å².